The van der Waals surface area contributed by atoms with Crippen LogP contribution in [0.2, 0.25) is 0 Å². The summed E-state index contributed by atoms with van der Waals surface area (Å²) in [6.07, 6.45) is 0.0148. The molecule has 2 heterocycles. The van der Waals surface area contributed by atoms with Crippen LogP contribution in [0.5, 0.6) is 17.4 Å². The normalized spacial score (nSPS) is 16.4. The number of nitrogens with two attached hydrogens (primary N) is 1. The van der Waals surface area contributed by atoms with Crippen LogP contribution < -0.4 is 19.9 Å². The Morgan fingerprint density at radius 2 is 2.00 bits per heavy atom. The average molecular weight is 382 g/mol. The average Bonchev–Trinajstić information content (AvgIpc) is 3.04. The van der Waals surface area contributed by atoms with E-state index in [1.165, 1.54) is 0 Å². The number of H-pyrrole nitrogens is 1. The predicted molar refractivity (Wildman–Crippen MR) is 105 cm³/mol. The molecule has 1 aromatic carbocycles. The van der Waals surface area contributed by atoms with E-state index in [1.807, 2.05) is 32.0 Å². The smallest absolute Gasteiger partial charge is 0.244 e. The molecule has 3 rings (SSSR count). The van der Waals surface area contributed by atoms with Crippen molar-refractivity contribution in [1.29, 1.82) is 5.26 Å². The Balaban J connectivity index is 2.20. The first-order valence-electron chi connectivity index (χ1n) is 9.18. The van der Waals surface area contributed by atoms with E-state index >= 15 is 0 Å². The molecule has 0 saturated heterocycles. The number of aromatic nitrogens is 2. The molecule has 0 amide bonds. The van der Waals surface area contributed by atoms with Crippen molar-refractivity contribution in [2.75, 3.05) is 7.11 Å². The van der Waals surface area contributed by atoms with Gasteiger partial charge in [0.25, 0.3) is 0 Å². The van der Waals surface area contributed by atoms with Gasteiger partial charge >= 0.3 is 0 Å². The van der Waals surface area contributed by atoms with Gasteiger partial charge in [0, 0.05) is 11.1 Å². The molecule has 0 saturated carbocycles. The number of hydrogen-bond acceptors (Lipinski definition) is 6. The standard InChI is InChI=1S/C21H26N4O3/c1-11(2)27-14-8-7-12(9-15(14)26-6)16-13(10-22)19(23)28-20-17(16)18(24-25-20)21(3,4)5/h7-9,11,16H,23H2,1-6H3,(H,24,25). The van der Waals surface area contributed by atoms with Gasteiger partial charge < -0.3 is 19.9 Å². The van der Waals surface area contributed by atoms with Crippen LogP contribution in [0.15, 0.2) is 29.7 Å². The number of rotatable bonds is 4. The summed E-state index contributed by atoms with van der Waals surface area (Å²) in [7, 11) is 1.59. The molecule has 2 aromatic rings. The van der Waals surface area contributed by atoms with Crippen LogP contribution in [0, 0.1) is 11.3 Å². The fourth-order valence-electron chi connectivity index (χ4n) is 3.37. The van der Waals surface area contributed by atoms with Gasteiger partial charge in [0.1, 0.15) is 11.6 Å². The zero-order valence-electron chi connectivity index (χ0n) is 17.1. The van der Waals surface area contributed by atoms with Crippen molar-refractivity contribution in [3.8, 4) is 23.4 Å². The SMILES string of the molecule is COc1cc(C2C(C#N)=C(N)Oc3n[nH]c(C(C)(C)C)c32)ccc1OC(C)C. The summed E-state index contributed by atoms with van der Waals surface area (Å²) in [6.45, 7) is 10.1. The van der Waals surface area contributed by atoms with E-state index in [2.05, 4.69) is 37.0 Å². The number of nitrogens with zero attached hydrogens (tertiary/aromatic N) is 2. The Morgan fingerprint density at radius 3 is 2.57 bits per heavy atom. The molecule has 1 unspecified atom stereocenters. The molecule has 7 heteroatoms. The van der Waals surface area contributed by atoms with Crippen molar-refractivity contribution in [3.05, 3.63) is 46.5 Å². The van der Waals surface area contributed by atoms with Gasteiger partial charge in [-0.25, -0.2) is 0 Å². The molecule has 28 heavy (non-hydrogen) atoms. The van der Waals surface area contributed by atoms with E-state index in [4.69, 9.17) is 19.9 Å². The lowest BCUT2D eigenvalue weighted by Crippen LogP contribution is -2.24. The monoisotopic (exact) mass is 382 g/mol. The zero-order valence-corrected chi connectivity index (χ0v) is 17.1. The van der Waals surface area contributed by atoms with Gasteiger partial charge in [0.15, 0.2) is 11.5 Å². The van der Waals surface area contributed by atoms with E-state index < -0.39 is 5.92 Å². The Bertz CT molecular complexity index is 961. The number of nitrogens with one attached hydrogen (secondary N) is 1. The number of fused-ring (bicyclic) bond motifs is 1. The highest BCUT2D eigenvalue weighted by Crippen LogP contribution is 2.46. The van der Waals surface area contributed by atoms with Gasteiger partial charge in [-0.15, -0.1) is 5.10 Å². The van der Waals surface area contributed by atoms with Gasteiger partial charge in [0.2, 0.25) is 11.8 Å². The topological polar surface area (TPSA) is 106 Å². The van der Waals surface area contributed by atoms with Crippen molar-refractivity contribution in [2.24, 2.45) is 5.73 Å². The fraction of sp³-hybridized carbons (Fsp3) is 0.429. The number of benzene rings is 1. The zero-order chi connectivity index (χ0) is 20.6. The van der Waals surface area contributed by atoms with E-state index in [0.717, 1.165) is 16.8 Å². The van der Waals surface area contributed by atoms with E-state index in [-0.39, 0.29) is 17.4 Å². The molecule has 0 fully saturated rings. The van der Waals surface area contributed by atoms with Gasteiger partial charge in [0.05, 0.1) is 24.7 Å². The number of allylic oxidation sites excluding steroid dienone is 1. The molecular formula is C21H26N4O3. The quantitative estimate of drug-likeness (QED) is 0.835. The van der Waals surface area contributed by atoms with Crippen LogP contribution in [0.3, 0.4) is 0 Å². The minimum atomic E-state index is -0.413. The molecule has 0 aliphatic carbocycles. The first-order chi connectivity index (χ1) is 13.2. The maximum atomic E-state index is 9.80. The Morgan fingerprint density at radius 1 is 1.29 bits per heavy atom. The summed E-state index contributed by atoms with van der Waals surface area (Å²) in [5, 5.41) is 17.2. The van der Waals surface area contributed by atoms with Crippen molar-refractivity contribution in [1.82, 2.24) is 10.2 Å². The molecule has 148 valence electrons. The third-order valence-electron chi connectivity index (χ3n) is 4.57. The summed E-state index contributed by atoms with van der Waals surface area (Å²) in [4.78, 5) is 0. The molecule has 1 atom stereocenters. The second kappa shape index (κ2) is 7.12. The summed E-state index contributed by atoms with van der Waals surface area (Å²) >= 11 is 0. The molecule has 1 aliphatic heterocycles. The van der Waals surface area contributed by atoms with E-state index in [0.29, 0.717) is 23.0 Å². The maximum absolute atomic E-state index is 9.80. The Labute approximate surface area is 165 Å². The third kappa shape index (κ3) is 3.38. The van der Waals surface area contributed by atoms with Crippen LogP contribution >= 0.6 is 0 Å². The largest absolute Gasteiger partial charge is 0.493 e. The van der Waals surface area contributed by atoms with Crippen LogP contribution in [0.25, 0.3) is 0 Å². The summed E-state index contributed by atoms with van der Waals surface area (Å²) in [5.41, 5.74) is 8.73. The third-order valence-corrected chi connectivity index (χ3v) is 4.57. The highest BCUT2D eigenvalue weighted by Gasteiger charge is 2.38. The lowest BCUT2D eigenvalue weighted by atomic mass is 9.79. The van der Waals surface area contributed by atoms with Crippen LogP contribution in [-0.4, -0.2) is 23.4 Å². The van der Waals surface area contributed by atoms with Crippen LogP contribution in [0.4, 0.5) is 0 Å². The number of aromatic amines is 1. The molecule has 7 nitrogen and oxygen atoms in total. The van der Waals surface area contributed by atoms with Crippen molar-refractivity contribution in [3.63, 3.8) is 0 Å². The van der Waals surface area contributed by atoms with Crippen molar-refractivity contribution < 1.29 is 14.2 Å². The molecule has 1 aromatic heterocycles. The van der Waals surface area contributed by atoms with Gasteiger partial charge in [-0.2, -0.15) is 5.26 Å². The second-order valence-electron chi connectivity index (χ2n) is 8.07. The molecule has 0 radical (unpaired) electrons. The van der Waals surface area contributed by atoms with Crippen molar-refractivity contribution >= 4 is 0 Å². The van der Waals surface area contributed by atoms with Crippen LogP contribution in [-0.2, 0) is 5.41 Å². The number of nitriles is 1. The van der Waals surface area contributed by atoms with Crippen LogP contribution in [0.1, 0.15) is 57.4 Å². The lowest BCUT2D eigenvalue weighted by molar-refractivity contribution is 0.230. The van der Waals surface area contributed by atoms with Gasteiger partial charge in [-0.05, 0) is 31.5 Å². The van der Waals surface area contributed by atoms with Crippen molar-refractivity contribution in [2.45, 2.75) is 52.1 Å². The molecule has 0 spiro atoms. The number of ether oxygens (including phenoxy) is 3. The summed E-state index contributed by atoms with van der Waals surface area (Å²) in [5.74, 6) is 1.29. The first-order valence-corrected chi connectivity index (χ1v) is 9.18. The molecule has 1 aliphatic rings. The predicted octanol–water partition coefficient (Wildman–Crippen LogP) is 3.72. The molecule has 3 N–H and O–H groups in total. The Hall–Kier alpha value is -3.14. The van der Waals surface area contributed by atoms with Gasteiger partial charge in [-0.1, -0.05) is 26.8 Å². The van der Waals surface area contributed by atoms with E-state index in [1.54, 1.807) is 7.11 Å². The van der Waals surface area contributed by atoms with E-state index in [9.17, 15) is 5.26 Å². The first kappa shape index (κ1) is 19.6. The summed E-state index contributed by atoms with van der Waals surface area (Å²) < 4.78 is 17.0. The Kier molecular flexibility index (Phi) is 4.99. The minimum Gasteiger partial charge on any atom is -0.493 e. The summed E-state index contributed by atoms with van der Waals surface area (Å²) in [6, 6.07) is 7.86. The molecular weight excluding hydrogens is 356 g/mol. The maximum Gasteiger partial charge on any atom is 0.244 e. The highest BCUT2D eigenvalue weighted by atomic mass is 16.5. The van der Waals surface area contributed by atoms with Gasteiger partial charge in [-0.3, -0.25) is 5.10 Å². The highest BCUT2D eigenvalue weighted by molar-refractivity contribution is 5.58. The number of methoxy groups -OCH3 is 1. The number of hydrogen-bond donors (Lipinski definition) is 2. The minimum absolute atomic E-state index is 0.0148. The molecule has 0 bridgehead atoms. The second-order valence-corrected chi connectivity index (χ2v) is 8.07. The fourth-order valence-corrected chi connectivity index (χ4v) is 3.37. The lowest BCUT2D eigenvalue weighted by Gasteiger charge is -2.28.